The van der Waals surface area contributed by atoms with Crippen LogP contribution in [0.5, 0.6) is 0 Å². The van der Waals surface area contributed by atoms with Gasteiger partial charge >= 0.3 is 0 Å². The third kappa shape index (κ3) is 4.40. The highest BCUT2D eigenvalue weighted by molar-refractivity contribution is 5.92. The Labute approximate surface area is 102 Å². The molecule has 0 aliphatic heterocycles. The molecule has 0 atom stereocenters. The molecule has 0 aromatic carbocycles. The second kappa shape index (κ2) is 6.20. The van der Waals surface area contributed by atoms with E-state index in [4.69, 9.17) is 10.5 Å². The predicted octanol–water partition coefficient (Wildman–Crippen LogP) is 1.16. The number of aromatic nitrogens is 1. The van der Waals surface area contributed by atoms with Gasteiger partial charge in [0.25, 0.3) is 5.91 Å². The molecule has 0 spiro atoms. The van der Waals surface area contributed by atoms with Gasteiger partial charge < -0.3 is 15.4 Å². The van der Waals surface area contributed by atoms with Crippen molar-refractivity contribution in [3.05, 3.63) is 24.0 Å². The molecular weight excluding hydrogens is 218 g/mol. The van der Waals surface area contributed by atoms with Gasteiger partial charge in [0.2, 0.25) is 0 Å². The van der Waals surface area contributed by atoms with E-state index >= 15 is 0 Å². The third-order valence-electron chi connectivity index (χ3n) is 2.23. The van der Waals surface area contributed by atoms with Crippen molar-refractivity contribution in [2.24, 2.45) is 0 Å². The monoisotopic (exact) mass is 237 g/mol. The topological polar surface area (TPSA) is 68.5 Å². The molecule has 1 amide bonds. The Balaban J connectivity index is 2.52. The van der Waals surface area contributed by atoms with Crippen LogP contribution in [0.25, 0.3) is 0 Å². The van der Waals surface area contributed by atoms with Crippen molar-refractivity contribution >= 4 is 11.6 Å². The van der Waals surface area contributed by atoms with E-state index in [1.165, 1.54) is 6.20 Å². The number of nitrogens with two attached hydrogens (primary N) is 1. The number of amides is 1. The second-order valence-electron chi connectivity index (χ2n) is 4.12. The standard InChI is InChI=1S/C12H19N3O2/c1-9(2)17-7-6-15(3)12(16)11-8-10(13)4-5-14-11/h4-5,8-9H,6-7H2,1-3H3,(H2,13,14). The number of carbonyl (C=O) groups is 1. The average Bonchev–Trinajstić information content (AvgIpc) is 2.27. The molecule has 0 saturated heterocycles. The van der Waals surface area contributed by atoms with Gasteiger partial charge in [-0.15, -0.1) is 0 Å². The van der Waals surface area contributed by atoms with Crippen LogP contribution < -0.4 is 5.73 Å². The maximum absolute atomic E-state index is 11.9. The van der Waals surface area contributed by atoms with Gasteiger partial charge in [-0.05, 0) is 26.0 Å². The van der Waals surface area contributed by atoms with Crippen LogP contribution in [0.1, 0.15) is 24.3 Å². The lowest BCUT2D eigenvalue weighted by Gasteiger charge is -2.17. The number of ether oxygens (including phenoxy) is 1. The molecule has 1 aromatic heterocycles. The maximum Gasteiger partial charge on any atom is 0.272 e. The van der Waals surface area contributed by atoms with Gasteiger partial charge in [-0.3, -0.25) is 9.78 Å². The quantitative estimate of drug-likeness (QED) is 0.834. The zero-order valence-corrected chi connectivity index (χ0v) is 10.5. The Bertz CT molecular complexity index is 380. The molecule has 0 aliphatic carbocycles. The van der Waals surface area contributed by atoms with Crippen molar-refractivity contribution in [2.75, 3.05) is 25.9 Å². The lowest BCUT2D eigenvalue weighted by atomic mass is 10.3. The lowest BCUT2D eigenvalue weighted by molar-refractivity contribution is 0.0529. The van der Waals surface area contributed by atoms with Crippen LogP contribution >= 0.6 is 0 Å². The Hall–Kier alpha value is -1.62. The molecule has 5 heteroatoms. The average molecular weight is 237 g/mol. The number of carbonyl (C=O) groups excluding carboxylic acids is 1. The van der Waals surface area contributed by atoms with Crippen molar-refractivity contribution in [1.82, 2.24) is 9.88 Å². The van der Waals surface area contributed by atoms with Crippen molar-refractivity contribution in [2.45, 2.75) is 20.0 Å². The smallest absolute Gasteiger partial charge is 0.272 e. The first-order valence-electron chi connectivity index (χ1n) is 5.59. The van der Waals surface area contributed by atoms with Gasteiger partial charge in [0.15, 0.2) is 0 Å². The number of rotatable bonds is 5. The first-order valence-corrected chi connectivity index (χ1v) is 5.59. The van der Waals surface area contributed by atoms with Crippen LogP contribution in [0.4, 0.5) is 5.69 Å². The molecule has 17 heavy (non-hydrogen) atoms. The Morgan fingerprint density at radius 1 is 1.59 bits per heavy atom. The van der Waals surface area contributed by atoms with Crippen molar-refractivity contribution in [3.8, 4) is 0 Å². The van der Waals surface area contributed by atoms with E-state index in [1.54, 1.807) is 24.1 Å². The highest BCUT2D eigenvalue weighted by Crippen LogP contribution is 2.05. The molecule has 1 heterocycles. The summed E-state index contributed by atoms with van der Waals surface area (Å²) < 4.78 is 5.38. The fraction of sp³-hybridized carbons (Fsp3) is 0.500. The van der Waals surface area contributed by atoms with Crippen LogP contribution in [-0.4, -0.2) is 42.1 Å². The number of hydrogen-bond donors (Lipinski definition) is 1. The summed E-state index contributed by atoms with van der Waals surface area (Å²) in [6, 6.07) is 3.22. The molecule has 0 fully saturated rings. The molecule has 94 valence electrons. The number of likely N-dealkylation sites (N-methyl/N-ethyl adjacent to an activating group) is 1. The van der Waals surface area contributed by atoms with E-state index in [2.05, 4.69) is 4.98 Å². The van der Waals surface area contributed by atoms with E-state index in [-0.39, 0.29) is 12.0 Å². The highest BCUT2D eigenvalue weighted by Gasteiger charge is 2.12. The molecule has 1 aromatic rings. The van der Waals surface area contributed by atoms with Gasteiger partial charge in [0.05, 0.1) is 12.7 Å². The van der Waals surface area contributed by atoms with Gasteiger partial charge in [0.1, 0.15) is 5.69 Å². The minimum absolute atomic E-state index is 0.148. The van der Waals surface area contributed by atoms with Crippen LogP contribution in [0.2, 0.25) is 0 Å². The van der Waals surface area contributed by atoms with E-state index in [0.717, 1.165) is 0 Å². The van der Waals surface area contributed by atoms with Gasteiger partial charge in [-0.2, -0.15) is 0 Å². The van der Waals surface area contributed by atoms with Gasteiger partial charge in [-0.25, -0.2) is 0 Å². The maximum atomic E-state index is 11.9. The molecule has 0 saturated carbocycles. The summed E-state index contributed by atoms with van der Waals surface area (Å²) in [5.41, 5.74) is 6.50. The van der Waals surface area contributed by atoms with Gasteiger partial charge in [-0.1, -0.05) is 0 Å². The highest BCUT2D eigenvalue weighted by atomic mass is 16.5. The minimum Gasteiger partial charge on any atom is -0.399 e. The summed E-state index contributed by atoms with van der Waals surface area (Å²) in [4.78, 5) is 17.5. The Morgan fingerprint density at radius 2 is 2.29 bits per heavy atom. The zero-order valence-electron chi connectivity index (χ0n) is 10.5. The van der Waals surface area contributed by atoms with Gasteiger partial charge in [0, 0.05) is 25.5 Å². The molecule has 2 N–H and O–H groups in total. The van der Waals surface area contributed by atoms with Crippen LogP contribution in [0, 0.1) is 0 Å². The molecule has 0 radical (unpaired) electrons. The molecule has 5 nitrogen and oxygen atoms in total. The minimum atomic E-state index is -0.148. The Morgan fingerprint density at radius 3 is 2.88 bits per heavy atom. The zero-order chi connectivity index (χ0) is 12.8. The van der Waals surface area contributed by atoms with Crippen molar-refractivity contribution in [3.63, 3.8) is 0 Å². The first kappa shape index (κ1) is 13.4. The number of nitrogen functional groups attached to an aromatic ring is 1. The van der Waals surface area contributed by atoms with E-state index < -0.39 is 0 Å². The number of pyridine rings is 1. The van der Waals surface area contributed by atoms with Crippen molar-refractivity contribution < 1.29 is 9.53 Å². The first-order chi connectivity index (χ1) is 8.00. The summed E-state index contributed by atoms with van der Waals surface area (Å²) >= 11 is 0. The summed E-state index contributed by atoms with van der Waals surface area (Å²) in [6.45, 7) is 4.97. The third-order valence-corrected chi connectivity index (χ3v) is 2.23. The molecule has 0 aliphatic rings. The summed E-state index contributed by atoms with van der Waals surface area (Å²) in [7, 11) is 1.72. The van der Waals surface area contributed by atoms with Crippen LogP contribution in [0.3, 0.4) is 0 Å². The van der Waals surface area contributed by atoms with E-state index in [9.17, 15) is 4.79 Å². The van der Waals surface area contributed by atoms with E-state index in [0.29, 0.717) is 24.5 Å². The van der Waals surface area contributed by atoms with Crippen molar-refractivity contribution in [1.29, 1.82) is 0 Å². The fourth-order valence-corrected chi connectivity index (χ4v) is 1.29. The molecular formula is C12H19N3O2. The predicted molar refractivity (Wildman–Crippen MR) is 66.7 cm³/mol. The lowest BCUT2D eigenvalue weighted by Crippen LogP contribution is -2.31. The molecule has 0 bridgehead atoms. The molecule has 1 rings (SSSR count). The second-order valence-corrected chi connectivity index (χ2v) is 4.12. The van der Waals surface area contributed by atoms with Crippen LogP contribution in [0.15, 0.2) is 18.3 Å². The SMILES string of the molecule is CC(C)OCCN(C)C(=O)c1cc(N)ccn1. The number of anilines is 1. The summed E-state index contributed by atoms with van der Waals surface area (Å²) in [5.74, 6) is -0.148. The largest absolute Gasteiger partial charge is 0.399 e. The Kier molecular flexibility index (Phi) is 4.90. The normalized spacial score (nSPS) is 10.6. The summed E-state index contributed by atoms with van der Waals surface area (Å²) in [6.07, 6.45) is 1.70. The number of nitrogens with zero attached hydrogens (tertiary/aromatic N) is 2. The number of hydrogen-bond acceptors (Lipinski definition) is 4. The molecule has 0 unspecified atom stereocenters. The fourth-order valence-electron chi connectivity index (χ4n) is 1.29. The summed E-state index contributed by atoms with van der Waals surface area (Å²) in [5, 5.41) is 0. The van der Waals surface area contributed by atoms with Crippen LogP contribution in [-0.2, 0) is 4.74 Å². The van der Waals surface area contributed by atoms with E-state index in [1.807, 2.05) is 13.8 Å².